The number of rotatable bonds is 5. The van der Waals surface area contributed by atoms with E-state index >= 15 is 0 Å². The maximum absolute atomic E-state index is 11.6. The number of carbonyl (C=O) groups is 1. The highest BCUT2D eigenvalue weighted by Gasteiger charge is 2.10. The van der Waals surface area contributed by atoms with Crippen molar-refractivity contribution < 1.29 is 9.53 Å². The summed E-state index contributed by atoms with van der Waals surface area (Å²) < 4.78 is 5.39. The zero-order valence-corrected chi connectivity index (χ0v) is 14.2. The number of nitrogens with zero attached hydrogens (tertiary/aromatic N) is 1. The van der Waals surface area contributed by atoms with Crippen molar-refractivity contribution in [3.63, 3.8) is 0 Å². The Morgan fingerprint density at radius 2 is 2.09 bits per heavy atom. The third-order valence-corrected chi connectivity index (χ3v) is 4.59. The van der Waals surface area contributed by atoms with Gasteiger partial charge in [-0.15, -0.1) is 0 Å². The number of thioether (sulfide) groups is 1. The van der Waals surface area contributed by atoms with Gasteiger partial charge in [0.15, 0.2) is 10.9 Å². The smallest absolute Gasteiger partial charge is 0.166 e. The van der Waals surface area contributed by atoms with E-state index in [0.717, 1.165) is 27.5 Å². The first-order valence-electron chi connectivity index (χ1n) is 7.34. The molecule has 3 rings (SSSR count). The summed E-state index contributed by atoms with van der Waals surface area (Å²) >= 11 is 1.60. The molecule has 0 saturated heterocycles. The van der Waals surface area contributed by atoms with Gasteiger partial charge in [-0.05, 0) is 49.7 Å². The Kier molecular flexibility index (Phi) is 4.39. The third kappa shape index (κ3) is 3.40. The first-order chi connectivity index (χ1) is 11.1. The van der Waals surface area contributed by atoms with Crippen LogP contribution in [0.15, 0.2) is 41.6 Å². The first-order valence-corrected chi connectivity index (χ1v) is 8.32. The number of ketones is 1. The first kappa shape index (κ1) is 15.6. The number of benzene rings is 2. The van der Waals surface area contributed by atoms with E-state index in [1.54, 1.807) is 31.9 Å². The second-order valence-corrected chi connectivity index (χ2v) is 6.40. The summed E-state index contributed by atoms with van der Waals surface area (Å²) in [6.07, 6.45) is 0. The standard InChI is InChI=1S/C18H18N2O2S/c1-11-4-6-15-16(8-11)20-18(19-15)23-10-14-9-13(12(2)21)5-7-17(14)22-3/h4-9H,10H2,1-3H3,(H,19,20). The van der Waals surface area contributed by atoms with E-state index in [1.807, 2.05) is 18.2 Å². The number of hydrogen-bond donors (Lipinski definition) is 1. The number of aromatic amines is 1. The monoisotopic (exact) mass is 326 g/mol. The fraction of sp³-hybridized carbons (Fsp3) is 0.222. The minimum absolute atomic E-state index is 0.0538. The topological polar surface area (TPSA) is 55.0 Å². The molecule has 0 bridgehead atoms. The molecule has 1 heterocycles. The highest BCUT2D eigenvalue weighted by Crippen LogP contribution is 2.29. The molecule has 0 radical (unpaired) electrons. The van der Waals surface area contributed by atoms with E-state index in [9.17, 15) is 4.79 Å². The molecule has 1 aromatic heterocycles. The van der Waals surface area contributed by atoms with Crippen molar-refractivity contribution in [3.8, 4) is 5.75 Å². The zero-order valence-electron chi connectivity index (χ0n) is 13.3. The molecule has 0 aliphatic rings. The van der Waals surface area contributed by atoms with Crippen LogP contribution in [0.4, 0.5) is 0 Å². The summed E-state index contributed by atoms with van der Waals surface area (Å²) in [5.74, 6) is 1.52. The van der Waals surface area contributed by atoms with Crippen molar-refractivity contribution in [1.29, 1.82) is 0 Å². The Labute approximate surface area is 139 Å². The van der Waals surface area contributed by atoms with Gasteiger partial charge in [0.05, 0.1) is 18.1 Å². The number of aryl methyl sites for hydroxylation is 1. The number of ether oxygens (including phenoxy) is 1. The summed E-state index contributed by atoms with van der Waals surface area (Å²) in [4.78, 5) is 19.5. The minimum atomic E-state index is 0.0538. The molecule has 0 saturated carbocycles. The predicted molar refractivity (Wildman–Crippen MR) is 93.4 cm³/mol. The van der Waals surface area contributed by atoms with Crippen molar-refractivity contribution in [2.24, 2.45) is 0 Å². The Bertz CT molecular complexity index is 871. The molecule has 0 spiro atoms. The lowest BCUT2D eigenvalue weighted by Gasteiger charge is -2.08. The van der Waals surface area contributed by atoms with Crippen LogP contribution in [0.2, 0.25) is 0 Å². The Hall–Kier alpha value is -2.27. The number of methoxy groups -OCH3 is 1. The van der Waals surface area contributed by atoms with Crippen molar-refractivity contribution in [2.75, 3.05) is 7.11 Å². The number of fused-ring (bicyclic) bond motifs is 1. The molecule has 1 N–H and O–H groups in total. The van der Waals surface area contributed by atoms with Gasteiger partial charge in [0.1, 0.15) is 5.75 Å². The molecule has 0 atom stereocenters. The number of H-pyrrole nitrogens is 1. The van der Waals surface area contributed by atoms with Gasteiger partial charge in [0, 0.05) is 16.9 Å². The number of hydrogen-bond acceptors (Lipinski definition) is 4. The third-order valence-electron chi connectivity index (χ3n) is 3.67. The van der Waals surface area contributed by atoms with Crippen LogP contribution in [0.1, 0.15) is 28.4 Å². The average molecular weight is 326 g/mol. The average Bonchev–Trinajstić information content (AvgIpc) is 2.94. The van der Waals surface area contributed by atoms with E-state index in [-0.39, 0.29) is 5.78 Å². The van der Waals surface area contributed by atoms with E-state index in [0.29, 0.717) is 11.3 Å². The van der Waals surface area contributed by atoms with Crippen molar-refractivity contribution in [1.82, 2.24) is 9.97 Å². The molecule has 0 unspecified atom stereocenters. The summed E-state index contributed by atoms with van der Waals surface area (Å²) in [6.45, 7) is 3.63. The number of aromatic nitrogens is 2. The second kappa shape index (κ2) is 6.46. The fourth-order valence-corrected chi connectivity index (χ4v) is 3.29. The number of carbonyl (C=O) groups excluding carboxylic acids is 1. The van der Waals surface area contributed by atoms with Crippen molar-refractivity contribution in [3.05, 3.63) is 53.1 Å². The van der Waals surface area contributed by atoms with Crippen LogP contribution in [0.25, 0.3) is 11.0 Å². The van der Waals surface area contributed by atoms with Crippen LogP contribution < -0.4 is 4.74 Å². The van der Waals surface area contributed by atoms with Crippen LogP contribution in [-0.2, 0) is 5.75 Å². The zero-order chi connectivity index (χ0) is 16.4. The quantitative estimate of drug-likeness (QED) is 0.558. The SMILES string of the molecule is COc1ccc(C(C)=O)cc1CSc1nc2ccc(C)cc2[nH]1. The molecule has 0 amide bonds. The highest BCUT2D eigenvalue weighted by molar-refractivity contribution is 7.98. The van der Waals surface area contributed by atoms with Gasteiger partial charge in [-0.3, -0.25) is 4.79 Å². The summed E-state index contributed by atoms with van der Waals surface area (Å²) in [5, 5.41) is 0.862. The van der Waals surface area contributed by atoms with Crippen molar-refractivity contribution in [2.45, 2.75) is 24.8 Å². The molecular formula is C18H18N2O2S. The molecule has 2 aromatic carbocycles. The maximum atomic E-state index is 11.6. The summed E-state index contributed by atoms with van der Waals surface area (Å²) in [6, 6.07) is 11.7. The molecule has 5 heteroatoms. The van der Waals surface area contributed by atoms with Gasteiger partial charge in [-0.25, -0.2) is 4.98 Å². The largest absolute Gasteiger partial charge is 0.496 e. The van der Waals surface area contributed by atoms with Gasteiger partial charge in [0.25, 0.3) is 0 Å². The molecule has 118 valence electrons. The van der Waals surface area contributed by atoms with Crippen LogP contribution in [0, 0.1) is 6.92 Å². The lowest BCUT2D eigenvalue weighted by Crippen LogP contribution is -1.97. The molecule has 3 aromatic rings. The van der Waals surface area contributed by atoms with Crippen molar-refractivity contribution >= 4 is 28.6 Å². The number of nitrogens with one attached hydrogen (secondary N) is 1. The molecule has 0 aliphatic heterocycles. The minimum Gasteiger partial charge on any atom is -0.496 e. The van der Waals surface area contributed by atoms with Crippen LogP contribution in [-0.4, -0.2) is 22.9 Å². The molecule has 23 heavy (non-hydrogen) atoms. The van der Waals surface area contributed by atoms with Gasteiger partial charge < -0.3 is 9.72 Å². The summed E-state index contributed by atoms with van der Waals surface area (Å²) in [5.41, 5.74) is 4.89. The van der Waals surface area contributed by atoms with Gasteiger partial charge in [0.2, 0.25) is 0 Å². The normalized spacial score (nSPS) is 10.9. The lowest BCUT2D eigenvalue weighted by atomic mass is 10.1. The van der Waals surface area contributed by atoms with E-state index in [1.165, 1.54) is 5.56 Å². The fourth-order valence-electron chi connectivity index (χ4n) is 2.42. The predicted octanol–water partition coefficient (Wildman–Crippen LogP) is 4.37. The molecule has 0 fully saturated rings. The van der Waals surface area contributed by atoms with Gasteiger partial charge >= 0.3 is 0 Å². The van der Waals surface area contributed by atoms with E-state index in [4.69, 9.17) is 4.74 Å². The second-order valence-electron chi connectivity index (χ2n) is 5.43. The maximum Gasteiger partial charge on any atom is 0.166 e. The molecule has 0 aliphatic carbocycles. The van der Waals surface area contributed by atoms with E-state index in [2.05, 4.69) is 29.0 Å². The van der Waals surface area contributed by atoms with Gasteiger partial charge in [-0.2, -0.15) is 0 Å². The van der Waals surface area contributed by atoms with Gasteiger partial charge in [-0.1, -0.05) is 17.8 Å². The van der Waals surface area contributed by atoms with Crippen LogP contribution in [0.3, 0.4) is 0 Å². The Morgan fingerprint density at radius 1 is 1.26 bits per heavy atom. The van der Waals surface area contributed by atoms with E-state index < -0.39 is 0 Å². The Balaban J connectivity index is 1.83. The number of imidazole rings is 1. The molecule has 4 nitrogen and oxygen atoms in total. The highest BCUT2D eigenvalue weighted by atomic mass is 32.2. The number of Topliss-reactive ketones (excluding diaryl/α,β-unsaturated/α-hetero) is 1. The Morgan fingerprint density at radius 3 is 2.83 bits per heavy atom. The summed E-state index contributed by atoms with van der Waals surface area (Å²) in [7, 11) is 1.64. The van der Waals surface area contributed by atoms with Crippen LogP contribution in [0.5, 0.6) is 5.75 Å². The lowest BCUT2D eigenvalue weighted by molar-refractivity contribution is 0.101. The molecular weight excluding hydrogens is 308 g/mol. The van der Waals surface area contributed by atoms with Crippen LogP contribution >= 0.6 is 11.8 Å².